The number of thioether (sulfide) groups is 1. The number of benzene rings is 1. The molecular weight excluding hydrogens is 240 g/mol. The zero-order valence-corrected chi connectivity index (χ0v) is 11.4. The SMILES string of the molecule is CSCCN(C)Cc1ccc(CN)cc1Cl. The van der Waals surface area contributed by atoms with Crippen molar-refractivity contribution in [3.05, 3.63) is 34.3 Å². The zero-order chi connectivity index (χ0) is 12.0. The Morgan fingerprint density at radius 2 is 2.19 bits per heavy atom. The highest BCUT2D eigenvalue weighted by atomic mass is 35.5. The van der Waals surface area contributed by atoms with Crippen LogP contribution in [0.3, 0.4) is 0 Å². The van der Waals surface area contributed by atoms with Crippen molar-refractivity contribution in [2.45, 2.75) is 13.1 Å². The maximum Gasteiger partial charge on any atom is 0.0454 e. The van der Waals surface area contributed by atoms with E-state index in [-0.39, 0.29) is 0 Å². The Hall–Kier alpha value is -0.220. The van der Waals surface area contributed by atoms with Crippen LogP contribution < -0.4 is 5.73 Å². The third-order valence-electron chi connectivity index (χ3n) is 2.47. The third-order valence-corrected chi connectivity index (χ3v) is 3.41. The molecule has 0 unspecified atom stereocenters. The summed E-state index contributed by atoms with van der Waals surface area (Å²) in [4.78, 5) is 2.28. The average Bonchev–Trinajstić information content (AvgIpc) is 2.29. The van der Waals surface area contributed by atoms with E-state index in [9.17, 15) is 0 Å². The highest BCUT2D eigenvalue weighted by Crippen LogP contribution is 2.19. The molecule has 16 heavy (non-hydrogen) atoms. The quantitative estimate of drug-likeness (QED) is 0.851. The minimum atomic E-state index is 0.544. The van der Waals surface area contributed by atoms with E-state index in [1.165, 1.54) is 5.56 Å². The van der Waals surface area contributed by atoms with E-state index < -0.39 is 0 Å². The lowest BCUT2D eigenvalue weighted by Gasteiger charge is -2.17. The Morgan fingerprint density at radius 1 is 1.44 bits per heavy atom. The summed E-state index contributed by atoms with van der Waals surface area (Å²) in [7, 11) is 2.11. The van der Waals surface area contributed by atoms with Crippen molar-refractivity contribution in [3.63, 3.8) is 0 Å². The van der Waals surface area contributed by atoms with Gasteiger partial charge in [-0.15, -0.1) is 0 Å². The molecule has 0 radical (unpaired) electrons. The van der Waals surface area contributed by atoms with Gasteiger partial charge < -0.3 is 10.6 Å². The fourth-order valence-electron chi connectivity index (χ4n) is 1.46. The van der Waals surface area contributed by atoms with Crippen molar-refractivity contribution < 1.29 is 0 Å². The summed E-state index contributed by atoms with van der Waals surface area (Å²) >= 11 is 8.06. The first-order valence-corrected chi connectivity index (χ1v) is 7.09. The summed E-state index contributed by atoms with van der Waals surface area (Å²) < 4.78 is 0. The topological polar surface area (TPSA) is 29.3 Å². The van der Waals surface area contributed by atoms with E-state index in [2.05, 4.69) is 24.3 Å². The van der Waals surface area contributed by atoms with E-state index in [0.29, 0.717) is 6.54 Å². The van der Waals surface area contributed by atoms with Gasteiger partial charge in [-0.25, -0.2) is 0 Å². The minimum Gasteiger partial charge on any atom is -0.326 e. The summed E-state index contributed by atoms with van der Waals surface area (Å²) in [6.07, 6.45) is 2.12. The molecule has 0 amide bonds. The van der Waals surface area contributed by atoms with Gasteiger partial charge >= 0.3 is 0 Å². The summed E-state index contributed by atoms with van der Waals surface area (Å²) in [5, 5.41) is 0.818. The molecule has 1 aromatic rings. The molecule has 0 fully saturated rings. The van der Waals surface area contributed by atoms with Crippen LogP contribution in [0.15, 0.2) is 18.2 Å². The largest absolute Gasteiger partial charge is 0.326 e. The molecular formula is C12H19ClN2S. The molecule has 2 nitrogen and oxygen atoms in total. The Labute approximate surface area is 107 Å². The lowest BCUT2D eigenvalue weighted by Crippen LogP contribution is -2.20. The highest BCUT2D eigenvalue weighted by Gasteiger charge is 2.04. The Morgan fingerprint density at radius 3 is 2.75 bits per heavy atom. The van der Waals surface area contributed by atoms with Gasteiger partial charge in [0.15, 0.2) is 0 Å². The first-order chi connectivity index (χ1) is 7.67. The molecule has 90 valence electrons. The number of nitrogens with two attached hydrogens (primary N) is 1. The Balaban J connectivity index is 2.59. The second kappa shape index (κ2) is 7.17. The summed E-state index contributed by atoms with van der Waals surface area (Å²) in [5.41, 5.74) is 7.82. The van der Waals surface area contributed by atoms with E-state index in [4.69, 9.17) is 17.3 Å². The molecule has 1 aromatic carbocycles. The molecule has 1 rings (SSSR count). The summed E-state index contributed by atoms with van der Waals surface area (Å²) in [6.45, 7) is 2.52. The predicted molar refractivity (Wildman–Crippen MR) is 74.1 cm³/mol. The normalized spacial score (nSPS) is 11.1. The monoisotopic (exact) mass is 258 g/mol. The molecule has 0 saturated heterocycles. The maximum absolute atomic E-state index is 6.20. The number of hydrogen-bond acceptors (Lipinski definition) is 3. The van der Waals surface area contributed by atoms with Gasteiger partial charge in [0, 0.05) is 30.4 Å². The molecule has 0 heterocycles. The first-order valence-electron chi connectivity index (χ1n) is 5.32. The minimum absolute atomic E-state index is 0.544. The maximum atomic E-state index is 6.20. The number of halogens is 1. The smallest absolute Gasteiger partial charge is 0.0454 e. The van der Waals surface area contributed by atoms with E-state index in [1.54, 1.807) is 0 Å². The van der Waals surface area contributed by atoms with Crippen LogP contribution in [0, 0.1) is 0 Å². The molecule has 0 saturated carbocycles. The number of hydrogen-bond donors (Lipinski definition) is 1. The fourth-order valence-corrected chi connectivity index (χ4v) is 2.22. The molecule has 0 aromatic heterocycles. The van der Waals surface area contributed by atoms with Crippen LogP contribution in [0.5, 0.6) is 0 Å². The van der Waals surface area contributed by atoms with E-state index in [1.807, 2.05) is 23.9 Å². The van der Waals surface area contributed by atoms with Gasteiger partial charge in [-0.05, 0) is 30.5 Å². The molecule has 0 aliphatic carbocycles. The van der Waals surface area contributed by atoms with Crippen molar-refractivity contribution in [2.75, 3.05) is 25.6 Å². The fraction of sp³-hybridized carbons (Fsp3) is 0.500. The van der Waals surface area contributed by atoms with Crippen LogP contribution in [0.25, 0.3) is 0 Å². The van der Waals surface area contributed by atoms with Crippen molar-refractivity contribution >= 4 is 23.4 Å². The van der Waals surface area contributed by atoms with Gasteiger partial charge in [0.25, 0.3) is 0 Å². The Bertz CT molecular complexity index is 331. The molecule has 0 spiro atoms. The molecule has 0 aliphatic rings. The van der Waals surface area contributed by atoms with Gasteiger partial charge in [0.2, 0.25) is 0 Å². The second-order valence-corrected chi connectivity index (χ2v) is 5.25. The van der Waals surface area contributed by atoms with Gasteiger partial charge in [-0.2, -0.15) is 11.8 Å². The van der Waals surface area contributed by atoms with Crippen LogP contribution >= 0.6 is 23.4 Å². The van der Waals surface area contributed by atoms with Crippen molar-refractivity contribution in [2.24, 2.45) is 5.73 Å². The van der Waals surface area contributed by atoms with Crippen LogP contribution in [-0.2, 0) is 13.1 Å². The molecule has 2 N–H and O–H groups in total. The number of rotatable bonds is 6. The number of nitrogens with zero attached hydrogens (tertiary/aromatic N) is 1. The molecule has 0 bridgehead atoms. The lowest BCUT2D eigenvalue weighted by atomic mass is 10.1. The molecule has 0 atom stereocenters. The van der Waals surface area contributed by atoms with Gasteiger partial charge in [0.1, 0.15) is 0 Å². The van der Waals surface area contributed by atoms with Gasteiger partial charge in [0.05, 0.1) is 0 Å². The van der Waals surface area contributed by atoms with E-state index in [0.717, 1.165) is 29.4 Å². The third kappa shape index (κ3) is 4.34. The second-order valence-electron chi connectivity index (χ2n) is 3.86. The van der Waals surface area contributed by atoms with Crippen LogP contribution in [-0.4, -0.2) is 30.5 Å². The van der Waals surface area contributed by atoms with Crippen LogP contribution in [0.1, 0.15) is 11.1 Å². The molecule has 4 heteroatoms. The highest BCUT2D eigenvalue weighted by molar-refractivity contribution is 7.98. The predicted octanol–water partition coefficient (Wildman–Crippen LogP) is 2.59. The Kier molecular flexibility index (Phi) is 6.21. The zero-order valence-electron chi connectivity index (χ0n) is 9.87. The van der Waals surface area contributed by atoms with Gasteiger partial charge in [-0.1, -0.05) is 23.7 Å². The molecule has 0 aliphatic heterocycles. The first kappa shape index (κ1) is 13.8. The van der Waals surface area contributed by atoms with Crippen LogP contribution in [0.4, 0.5) is 0 Å². The van der Waals surface area contributed by atoms with Crippen LogP contribution in [0.2, 0.25) is 5.02 Å². The van der Waals surface area contributed by atoms with Gasteiger partial charge in [-0.3, -0.25) is 0 Å². The van der Waals surface area contributed by atoms with Crippen molar-refractivity contribution in [3.8, 4) is 0 Å². The standard InChI is InChI=1S/C12H19ClN2S/c1-15(5-6-16-2)9-11-4-3-10(8-14)7-12(11)13/h3-4,7H,5-6,8-9,14H2,1-2H3. The average molecular weight is 259 g/mol. The van der Waals surface area contributed by atoms with Crippen molar-refractivity contribution in [1.29, 1.82) is 0 Å². The summed E-state index contributed by atoms with van der Waals surface area (Å²) in [6, 6.07) is 6.07. The van der Waals surface area contributed by atoms with Crippen molar-refractivity contribution in [1.82, 2.24) is 4.90 Å². The lowest BCUT2D eigenvalue weighted by molar-refractivity contribution is 0.349. The summed E-state index contributed by atoms with van der Waals surface area (Å²) in [5.74, 6) is 1.15. The van der Waals surface area contributed by atoms with E-state index >= 15 is 0 Å².